The van der Waals surface area contributed by atoms with Gasteiger partial charge in [-0.2, -0.15) is 5.10 Å². The summed E-state index contributed by atoms with van der Waals surface area (Å²) in [5, 5.41) is 14.1. The molecule has 1 saturated carbocycles. The second-order valence-electron chi connectivity index (χ2n) is 3.53. The quantitative estimate of drug-likeness (QED) is 0.452. The molecule has 16 heavy (non-hydrogen) atoms. The summed E-state index contributed by atoms with van der Waals surface area (Å²) < 4.78 is 5.85. The van der Waals surface area contributed by atoms with E-state index in [0.717, 1.165) is 6.20 Å². The van der Waals surface area contributed by atoms with Gasteiger partial charge in [0.1, 0.15) is 6.20 Å². The molecule has 1 aromatic rings. The van der Waals surface area contributed by atoms with E-state index in [4.69, 9.17) is 11.6 Å². The van der Waals surface area contributed by atoms with Crippen LogP contribution in [0.2, 0.25) is 5.15 Å². The lowest BCUT2D eigenvalue weighted by Gasteiger charge is -2.11. The molecule has 0 bridgehead atoms. The average molecular weight is 246 g/mol. The van der Waals surface area contributed by atoms with Crippen LogP contribution in [-0.2, 0) is 15.1 Å². The first-order valence-corrected chi connectivity index (χ1v) is 4.87. The van der Waals surface area contributed by atoms with Gasteiger partial charge in [0.2, 0.25) is 5.15 Å². The molecule has 8 heteroatoms. The zero-order valence-corrected chi connectivity index (χ0v) is 9.10. The van der Waals surface area contributed by atoms with Gasteiger partial charge in [-0.05, 0) is 12.8 Å². The standard InChI is InChI=1S/C8H8ClN3O4/c1-16-7(13)8(2-3-8)11-4-5(12(14)15)6(9)10-11/h4H,2-3H2,1H3. The van der Waals surface area contributed by atoms with E-state index in [1.54, 1.807) is 0 Å². The van der Waals surface area contributed by atoms with Crippen molar-refractivity contribution in [2.45, 2.75) is 18.4 Å². The van der Waals surface area contributed by atoms with E-state index >= 15 is 0 Å². The minimum atomic E-state index is -0.896. The van der Waals surface area contributed by atoms with Crippen LogP contribution in [-0.4, -0.2) is 27.8 Å². The van der Waals surface area contributed by atoms with Crippen molar-refractivity contribution in [2.24, 2.45) is 0 Å². The summed E-state index contributed by atoms with van der Waals surface area (Å²) in [6.07, 6.45) is 2.26. The Hall–Kier alpha value is -1.63. The van der Waals surface area contributed by atoms with Gasteiger partial charge in [0, 0.05) is 0 Å². The maximum absolute atomic E-state index is 11.5. The molecule has 1 aliphatic carbocycles. The van der Waals surface area contributed by atoms with Gasteiger partial charge in [-0.15, -0.1) is 0 Å². The van der Waals surface area contributed by atoms with Crippen LogP contribution in [0.5, 0.6) is 0 Å². The maximum Gasteiger partial charge on any atom is 0.333 e. The number of nitrogens with zero attached hydrogens (tertiary/aromatic N) is 3. The van der Waals surface area contributed by atoms with E-state index in [2.05, 4.69) is 9.84 Å². The van der Waals surface area contributed by atoms with Gasteiger partial charge < -0.3 is 4.74 Å². The van der Waals surface area contributed by atoms with Crippen LogP contribution in [0.25, 0.3) is 0 Å². The normalized spacial score (nSPS) is 16.9. The third kappa shape index (κ3) is 1.44. The van der Waals surface area contributed by atoms with Gasteiger partial charge in [-0.25, -0.2) is 9.48 Å². The predicted octanol–water partition coefficient (Wildman–Crippen LogP) is 1.11. The summed E-state index contributed by atoms with van der Waals surface area (Å²) >= 11 is 5.60. The number of hydrogen-bond acceptors (Lipinski definition) is 5. The Morgan fingerprint density at radius 2 is 2.38 bits per heavy atom. The Bertz CT molecular complexity index is 466. The molecule has 1 fully saturated rings. The molecule has 0 aliphatic heterocycles. The highest BCUT2D eigenvalue weighted by Crippen LogP contribution is 2.45. The van der Waals surface area contributed by atoms with Gasteiger partial charge in [0.25, 0.3) is 0 Å². The highest BCUT2D eigenvalue weighted by molar-refractivity contribution is 6.31. The Morgan fingerprint density at radius 3 is 2.75 bits per heavy atom. The average Bonchev–Trinajstić information content (AvgIpc) is 2.95. The SMILES string of the molecule is COC(=O)C1(n2cc([N+](=O)[O-])c(Cl)n2)CC1. The second kappa shape index (κ2) is 3.44. The topological polar surface area (TPSA) is 87.3 Å². The van der Waals surface area contributed by atoms with E-state index in [1.165, 1.54) is 11.8 Å². The zero-order chi connectivity index (χ0) is 11.9. The molecule has 0 radical (unpaired) electrons. The number of aromatic nitrogens is 2. The van der Waals surface area contributed by atoms with Crippen molar-refractivity contribution < 1.29 is 14.5 Å². The van der Waals surface area contributed by atoms with Crippen molar-refractivity contribution in [1.29, 1.82) is 0 Å². The summed E-state index contributed by atoms with van der Waals surface area (Å²) in [6, 6.07) is 0. The molecule has 0 spiro atoms. The molecule has 0 amide bonds. The van der Waals surface area contributed by atoms with Gasteiger partial charge in [0.05, 0.1) is 12.0 Å². The number of esters is 1. The predicted molar refractivity (Wildman–Crippen MR) is 53.1 cm³/mol. The fourth-order valence-electron chi connectivity index (χ4n) is 1.52. The fraction of sp³-hybridized carbons (Fsp3) is 0.500. The Balaban J connectivity index is 2.39. The first-order valence-electron chi connectivity index (χ1n) is 4.50. The molecule has 1 aromatic heterocycles. The van der Waals surface area contributed by atoms with Gasteiger partial charge in [-0.1, -0.05) is 11.6 Å². The van der Waals surface area contributed by atoms with Crippen molar-refractivity contribution >= 4 is 23.3 Å². The molecule has 2 rings (SSSR count). The van der Waals surface area contributed by atoms with Gasteiger partial charge in [-0.3, -0.25) is 10.1 Å². The Morgan fingerprint density at radius 1 is 1.75 bits per heavy atom. The van der Waals surface area contributed by atoms with E-state index < -0.39 is 16.4 Å². The maximum atomic E-state index is 11.5. The van der Waals surface area contributed by atoms with Crippen molar-refractivity contribution in [1.82, 2.24) is 9.78 Å². The summed E-state index contributed by atoms with van der Waals surface area (Å²) in [5.41, 5.74) is -1.20. The number of halogens is 1. The summed E-state index contributed by atoms with van der Waals surface area (Å²) in [5.74, 6) is -0.457. The summed E-state index contributed by atoms with van der Waals surface area (Å²) in [4.78, 5) is 21.4. The number of rotatable bonds is 3. The second-order valence-corrected chi connectivity index (χ2v) is 3.89. The lowest BCUT2D eigenvalue weighted by molar-refractivity contribution is -0.384. The molecule has 0 saturated heterocycles. The fourth-order valence-corrected chi connectivity index (χ4v) is 1.72. The molecular formula is C8H8ClN3O4. The number of ether oxygens (including phenoxy) is 1. The molecule has 0 atom stereocenters. The minimum absolute atomic E-state index is 0.222. The van der Waals surface area contributed by atoms with E-state index in [9.17, 15) is 14.9 Å². The molecule has 0 N–H and O–H groups in total. The number of methoxy groups -OCH3 is 1. The molecule has 86 valence electrons. The van der Waals surface area contributed by atoms with Crippen LogP contribution in [0.15, 0.2) is 6.20 Å². The molecule has 0 unspecified atom stereocenters. The molecule has 1 heterocycles. The monoisotopic (exact) mass is 245 g/mol. The first-order chi connectivity index (χ1) is 7.51. The third-order valence-corrected chi connectivity index (χ3v) is 2.84. The number of carbonyl (C=O) groups is 1. The number of nitro groups is 1. The largest absolute Gasteiger partial charge is 0.467 e. The van der Waals surface area contributed by atoms with Crippen molar-refractivity contribution in [3.8, 4) is 0 Å². The van der Waals surface area contributed by atoms with E-state index in [1.807, 2.05) is 0 Å². The highest BCUT2D eigenvalue weighted by atomic mass is 35.5. The van der Waals surface area contributed by atoms with E-state index in [-0.39, 0.29) is 10.8 Å². The molecular weight excluding hydrogens is 238 g/mol. The number of carbonyl (C=O) groups excluding carboxylic acids is 1. The van der Waals surface area contributed by atoms with Gasteiger partial charge in [0.15, 0.2) is 5.54 Å². The number of hydrogen-bond donors (Lipinski definition) is 0. The lowest BCUT2D eigenvalue weighted by Crippen LogP contribution is -2.29. The van der Waals surface area contributed by atoms with Crippen LogP contribution >= 0.6 is 11.6 Å². The van der Waals surface area contributed by atoms with Crippen molar-refractivity contribution in [2.75, 3.05) is 7.11 Å². The van der Waals surface area contributed by atoms with Crippen LogP contribution in [0.4, 0.5) is 5.69 Å². The van der Waals surface area contributed by atoms with Gasteiger partial charge >= 0.3 is 11.7 Å². The van der Waals surface area contributed by atoms with Crippen molar-refractivity contribution in [3.63, 3.8) is 0 Å². The van der Waals surface area contributed by atoms with Crippen LogP contribution in [0, 0.1) is 10.1 Å². The first kappa shape index (κ1) is 10.9. The Labute approximate surface area is 95.1 Å². The third-order valence-electron chi connectivity index (χ3n) is 2.58. The Kier molecular flexibility index (Phi) is 2.34. The van der Waals surface area contributed by atoms with Crippen LogP contribution in [0.3, 0.4) is 0 Å². The zero-order valence-electron chi connectivity index (χ0n) is 8.34. The minimum Gasteiger partial charge on any atom is -0.467 e. The van der Waals surface area contributed by atoms with Crippen LogP contribution in [0.1, 0.15) is 12.8 Å². The lowest BCUT2D eigenvalue weighted by atomic mass is 10.3. The summed E-state index contributed by atoms with van der Waals surface area (Å²) in [6.45, 7) is 0. The van der Waals surface area contributed by atoms with Crippen molar-refractivity contribution in [3.05, 3.63) is 21.5 Å². The smallest absolute Gasteiger partial charge is 0.333 e. The highest BCUT2D eigenvalue weighted by Gasteiger charge is 2.54. The summed E-state index contributed by atoms with van der Waals surface area (Å²) in [7, 11) is 1.27. The molecule has 1 aliphatic rings. The molecule has 0 aromatic carbocycles. The molecule has 7 nitrogen and oxygen atoms in total. The van der Waals surface area contributed by atoms with E-state index in [0.29, 0.717) is 12.8 Å². The van der Waals surface area contributed by atoms with Crippen LogP contribution < -0.4 is 0 Å².